The van der Waals surface area contributed by atoms with E-state index in [-0.39, 0.29) is 5.91 Å². The molecule has 0 aliphatic carbocycles. The maximum atomic E-state index is 12.5. The van der Waals surface area contributed by atoms with E-state index in [2.05, 4.69) is 78.4 Å². The number of thiazole rings is 1. The van der Waals surface area contributed by atoms with Gasteiger partial charge in [-0.15, -0.1) is 11.3 Å². The van der Waals surface area contributed by atoms with Crippen molar-refractivity contribution in [1.29, 1.82) is 0 Å². The number of amides is 1. The Bertz CT molecular complexity index is 929. The van der Waals surface area contributed by atoms with Gasteiger partial charge < -0.3 is 5.32 Å². The zero-order valence-electron chi connectivity index (χ0n) is 17.4. The van der Waals surface area contributed by atoms with Gasteiger partial charge >= 0.3 is 0 Å². The van der Waals surface area contributed by atoms with Crippen LogP contribution in [-0.2, 0) is 24.3 Å². The second-order valence-electron chi connectivity index (χ2n) is 7.19. The molecule has 1 N–H and O–H groups in total. The first-order valence-electron chi connectivity index (χ1n) is 10.2. The number of carbonyl (C=O) groups excluding carboxylic acids is 1. The first-order valence-corrected chi connectivity index (χ1v) is 11.0. The Morgan fingerprint density at radius 2 is 1.72 bits per heavy atom. The van der Waals surface area contributed by atoms with Crippen LogP contribution in [0.2, 0.25) is 0 Å². The number of aryl methyl sites for hydroxylation is 1. The highest BCUT2D eigenvalue weighted by Gasteiger charge is 2.11. The monoisotopic (exact) mass is 407 g/mol. The summed E-state index contributed by atoms with van der Waals surface area (Å²) in [5.41, 5.74) is 5.58. The van der Waals surface area contributed by atoms with E-state index in [1.165, 1.54) is 16.7 Å². The molecule has 0 saturated carbocycles. The lowest BCUT2D eigenvalue weighted by atomic mass is 10.1. The third-order valence-electron chi connectivity index (χ3n) is 5.07. The molecular formula is C24H29N3OS. The van der Waals surface area contributed by atoms with Crippen LogP contribution in [-0.4, -0.2) is 28.9 Å². The van der Waals surface area contributed by atoms with Gasteiger partial charge in [-0.25, -0.2) is 4.98 Å². The molecule has 0 fully saturated rings. The molecule has 3 aromatic rings. The van der Waals surface area contributed by atoms with Crippen LogP contribution in [0.3, 0.4) is 0 Å². The highest BCUT2D eigenvalue weighted by Crippen LogP contribution is 2.24. The minimum absolute atomic E-state index is 0.00315. The standard InChI is InChI=1S/C24H29N3OS/c1-4-27(5-2)16-21-9-7-6-8-20(21)15-25-23(28)14-22-17-29-24(26-22)19-12-10-18(3)11-13-19/h6-13,17H,4-5,14-16H2,1-3H3,(H,25,28). The predicted octanol–water partition coefficient (Wildman–Crippen LogP) is 4.82. The lowest BCUT2D eigenvalue weighted by Crippen LogP contribution is -2.27. The van der Waals surface area contributed by atoms with E-state index in [0.29, 0.717) is 13.0 Å². The van der Waals surface area contributed by atoms with Gasteiger partial charge in [0.25, 0.3) is 0 Å². The van der Waals surface area contributed by atoms with Gasteiger partial charge in [0.05, 0.1) is 12.1 Å². The number of hydrogen-bond donors (Lipinski definition) is 1. The molecule has 4 nitrogen and oxygen atoms in total. The zero-order chi connectivity index (χ0) is 20.6. The van der Waals surface area contributed by atoms with E-state index < -0.39 is 0 Å². The number of rotatable bonds is 9. The van der Waals surface area contributed by atoms with Crippen LogP contribution in [0.15, 0.2) is 53.9 Å². The van der Waals surface area contributed by atoms with Gasteiger partial charge in [-0.3, -0.25) is 9.69 Å². The summed E-state index contributed by atoms with van der Waals surface area (Å²) in [4.78, 5) is 19.5. The van der Waals surface area contributed by atoms with Crippen LogP contribution >= 0.6 is 11.3 Å². The summed E-state index contributed by atoms with van der Waals surface area (Å²) in [6.07, 6.45) is 0.306. The van der Waals surface area contributed by atoms with Crippen molar-refractivity contribution in [2.45, 2.75) is 40.3 Å². The number of carbonyl (C=O) groups is 1. The van der Waals surface area contributed by atoms with Crippen molar-refractivity contribution in [2.75, 3.05) is 13.1 Å². The molecule has 1 amide bonds. The Hall–Kier alpha value is -2.50. The Morgan fingerprint density at radius 1 is 1.03 bits per heavy atom. The Balaban J connectivity index is 1.58. The second kappa shape index (κ2) is 10.3. The van der Waals surface area contributed by atoms with E-state index >= 15 is 0 Å². The minimum Gasteiger partial charge on any atom is -0.352 e. The van der Waals surface area contributed by atoms with E-state index in [1.54, 1.807) is 11.3 Å². The van der Waals surface area contributed by atoms with Crippen molar-refractivity contribution in [3.8, 4) is 10.6 Å². The van der Waals surface area contributed by atoms with Crippen LogP contribution in [0.25, 0.3) is 10.6 Å². The van der Waals surface area contributed by atoms with E-state index in [1.807, 2.05) is 11.4 Å². The maximum Gasteiger partial charge on any atom is 0.226 e. The molecule has 0 unspecified atom stereocenters. The molecule has 3 rings (SSSR count). The Morgan fingerprint density at radius 3 is 2.41 bits per heavy atom. The number of aromatic nitrogens is 1. The van der Waals surface area contributed by atoms with Crippen molar-refractivity contribution in [3.05, 3.63) is 76.3 Å². The van der Waals surface area contributed by atoms with Gasteiger partial charge in [-0.1, -0.05) is 67.9 Å². The van der Waals surface area contributed by atoms with Crippen molar-refractivity contribution in [1.82, 2.24) is 15.2 Å². The molecule has 1 heterocycles. The number of hydrogen-bond acceptors (Lipinski definition) is 4. The van der Waals surface area contributed by atoms with Crippen molar-refractivity contribution >= 4 is 17.2 Å². The van der Waals surface area contributed by atoms with Crippen LogP contribution in [0, 0.1) is 6.92 Å². The van der Waals surface area contributed by atoms with Crippen LogP contribution < -0.4 is 5.32 Å². The Kier molecular flexibility index (Phi) is 7.55. The third-order valence-corrected chi connectivity index (χ3v) is 6.01. The van der Waals surface area contributed by atoms with Crippen LogP contribution in [0.5, 0.6) is 0 Å². The maximum absolute atomic E-state index is 12.5. The second-order valence-corrected chi connectivity index (χ2v) is 8.05. The van der Waals surface area contributed by atoms with Gasteiger partial charge in [-0.2, -0.15) is 0 Å². The lowest BCUT2D eigenvalue weighted by molar-refractivity contribution is -0.120. The topological polar surface area (TPSA) is 45.2 Å². The quantitative estimate of drug-likeness (QED) is 0.553. The summed E-state index contributed by atoms with van der Waals surface area (Å²) < 4.78 is 0. The average Bonchev–Trinajstić information content (AvgIpc) is 3.20. The van der Waals surface area contributed by atoms with Crippen LogP contribution in [0.4, 0.5) is 0 Å². The van der Waals surface area contributed by atoms with Gasteiger partial charge in [0.15, 0.2) is 0 Å². The molecule has 0 spiro atoms. The fourth-order valence-corrected chi connectivity index (χ4v) is 4.04. The summed E-state index contributed by atoms with van der Waals surface area (Å²) >= 11 is 1.58. The molecule has 0 bridgehead atoms. The van der Waals surface area contributed by atoms with E-state index in [4.69, 9.17) is 0 Å². The fraction of sp³-hybridized carbons (Fsp3) is 0.333. The fourth-order valence-electron chi connectivity index (χ4n) is 3.21. The molecule has 0 aliphatic rings. The number of nitrogens with zero attached hydrogens (tertiary/aromatic N) is 2. The molecule has 152 valence electrons. The molecule has 2 aromatic carbocycles. The molecule has 1 aromatic heterocycles. The molecule has 29 heavy (non-hydrogen) atoms. The van der Waals surface area contributed by atoms with Crippen LogP contribution in [0.1, 0.15) is 36.2 Å². The minimum atomic E-state index is 0.00315. The first-order chi connectivity index (χ1) is 14.1. The number of nitrogens with one attached hydrogen (secondary N) is 1. The highest BCUT2D eigenvalue weighted by molar-refractivity contribution is 7.13. The molecule has 0 radical (unpaired) electrons. The largest absolute Gasteiger partial charge is 0.352 e. The zero-order valence-corrected chi connectivity index (χ0v) is 18.3. The van der Waals surface area contributed by atoms with Gasteiger partial charge in [0.2, 0.25) is 5.91 Å². The summed E-state index contributed by atoms with van der Waals surface area (Å²) in [7, 11) is 0. The first kappa shape index (κ1) is 21.2. The smallest absolute Gasteiger partial charge is 0.226 e. The Labute approximate surface area is 177 Å². The van der Waals surface area contributed by atoms with Gasteiger partial charge in [-0.05, 0) is 31.1 Å². The summed E-state index contributed by atoms with van der Waals surface area (Å²) in [6, 6.07) is 16.6. The lowest BCUT2D eigenvalue weighted by Gasteiger charge is -2.20. The van der Waals surface area contributed by atoms with E-state index in [9.17, 15) is 4.79 Å². The molecular weight excluding hydrogens is 378 g/mol. The van der Waals surface area contributed by atoms with Crippen molar-refractivity contribution in [2.24, 2.45) is 0 Å². The van der Waals surface area contributed by atoms with Crippen molar-refractivity contribution < 1.29 is 4.79 Å². The predicted molar refractivity (Wildman–Crippen MR) is 121 cm³/mol. The summed E-state index contributed by atoms with van der Waals surface area (Å²) in [5, 5.41) is 5.99. The summed E-state index contributed by atoms with van der Waals surface area (Å²) in [6.45, 7) is 9.91. The number of benzene rings is 2. The molecule has 0 atom stereocenters. The SMILES string of the molecule is CCN(CC)Cc1ccccc1CNC(=O)Cc1csc(-c2ccc(C)cc2)n1. The average molecular weight is 408 g/mol. The third kappa shape index (κ3) is 5.99. The molecule has 5 heteroatoms. The van der Waals surface area contributed by atoms with Gasteiger partial charge in [0.1, 0.15) is 5.01 Å². The highest BCUT2D eigenvalue weighted by atomic mass is 32.1. The van der Waals surface area contributed by atoms with E-state index in [0.717, 1.165) is 35.9 Å². The normalized spacial score (nSPS) is 11.0. The molecule has 0 aliphatic heterocycles. The van der Waals surface area contributed by atoms with Crippen molar-refractivity contribution in [3.63, 3.8) is 0 Å². The van der Waals surface area contributed by atoms with Gasteiger partial charge in [0, 0.05) is 24.0 Å². The summed E-state index contributed by atoms with van der Waals surface area (Å²) in [5.74, 6) is 0.00315. The molecule has 0 saturated heterocycles.